The first kappa shape index (κ1) is 8.66. The maximum Gasteiger partial charge on any atom is 0.0591 e. The van der Waals surface area contributed by atoms with Gasteiger partial charge in [0.05, 0.1) is 13.2 Å². The van der Waals surface area contributed by atoms with Crippen LogP contribution in [0.4, 0.5) is 0 Å². The zero-order valence-electron chi connectivity index (χ0n) is 6.02. The van der Waals surface area contributed by atoms with Gasteiger partial charge in [-0.2, -0.15) is 0 Å². The Labute approximate surface area is 56.9 Å². The molecule has 9 heavy (non-hydrogen) atoms. The van der Waals surface area contributed by atoms with E-state index in [2.05, 4.69) is 11.9 Å². The van der Waals surface area contributed by atoms with Crippen LogP contribution in [-0.2, 0) is 4.74 Å². The first-order valence-corrected chi connectivity index (χ1v) is 3.27. The summed E-state index contributed by atoms with van der Waals surface area (Å²) >= 11 is 0. The lowest BCUT2D eigenvalue weighted by molar-refractivity contribution is 0.109. The number of allylic oxidation sites excluding steroid dienone is 1. The van der Waals surface area contributed by atoms with E-state index in [0.29, 0.717) is 0 Å². The highest BCUT2D eigenvalue weighted by molar-refractivity contribution is 4.51. The number of hydrogen-bond donors (Lipinski definition) is 1. The van der Waals surface area contributed by atoms with Crippen LogP contribution in [0, 0.1) is 0 Å². The molecule has 0 saturated carbocycles. The molecular formula is C7H15NO. The van der Waals surface area contributed by atoms with E-state index in [0.717, 1.165) is 26.3 Å². The quantitative estimate of drug-likeness (QED) is 0.488. The number of ether oxygens (including phenoxy) is 1. The second-order valence-electron chi connectivity index (χ2n) is 1.77. The maximum absolute atomic E-state index is 5.01. The van der Waals surface area contributed by atoms with E-state index in [-0.39, 0.29) is 0 Å². The summed E-state index contributed by atoms with van der Waals surface area (Å²) in [6.45, 7) is 9.08. The minimum absolute atomic E-state index is 0.889. The van der Waals surface area contributed by atoms with Crippen molar-refractivity contribution in [1.29, 1.82) is 0 Å². The van der Waals surface area contributed by atoms with Crippen LogP contribution in [0.5, 0.6) is 0 Å². The highest BCUT2D eigenvalue weighted by Gasteiger charge is 1.92. The Hall–Kier alpha value is -0.340. The SMILES string of the molecule is C1COCCN1.C=CC. The van der Waals surface area contributed by atoms with Crippen LogP contribution in [0.25, 0.3) is 0 Å². The monoisotopic (exact) mass is 129 g/mol. The van der Waals surface area contributed by atoms with Gasteiger partial charge in [0.1, 0.15) is 0 Å². The molecule has 0 bridgehead atoms. The topological polar surface area (TPSA) is 21.3 Å². The fourth-order valence-corrected chi connectivity index (χ4v) is 0.516. The fourth-order valence-electron chi connectivity index (χ4n) is 0.516. The van der Waals surface area contributed by atoms with Gasteiger partial charge in [-0.3, -0.25) is 0 Å². The van der Waals surface area contributed by atoms with E-state index in [1.807, 2.05) is 6.92 Å². The first-order valence-electron chi connectivity index (χ1n) is 3.27. The molecule has 1 N–H and O–H groups in total. The molecule has 1 saturated heterocycles. The zero-order chi connectivity index (χ0) is 6.95. The molecule has 54 valence electrons. The standard InChI is InChI=1S/C4H9NO.C3H6/c1-3-6-4-2-5-1;1-3-2/h5H,1-4H2;3H,1H2,2H3. The average Bonchev–Trinajstić information content (AvgIpc) is 1.93. The van der Waals surface area contributed by atoms with Gasteiger partial charge < -0.3 is 10.1 Å². The Morgan fingerprint density at radius 3 is 2.00 bits per heavy atom. The van der Waals surface area contributed by atoms with Crippen molar-refractivity contribution in [3.8, 4) is 0 Å². The summed E-state index contributed by atoms with van der Waals surface area (Å²) in [7, 11) is 0. The Morgan fingerprint density at radius 1 is 1.44 bits per heavy atom. The molecule has 2 nitrogen and oxygen atoms in total. The lowest BCUT2D eigenvalue weighted by Gasteiger charge is -2.10. The van der Waals surface area contributed by atoms with Crippen LogP contribution in [0.1, 0.15) is 6.92 Å². The Balaban J connectivity index is 0.000000187. The molecule has 1 fully saturated rings. The summed E-state index contributed by atoms with van der Waals surface area (Å²) in [4.78, 5) is 0. The molecule has 0 amide bonds. The maximum atomic E-state index is 5.01. The number of morpholine rings is 1. The van der Waals surface area contributed by atoms with Crippen LogP contribution in [0.15, 0.2) is 12.7 Å². The summed E-state index contributed by atoms with van der Waals surface area (Å²) in [5, 5.41) is 3.16. The van der Waals surface area contributed by atoms with Gasteiger partial charge in [-0.05, 0) is 6.92 Å². The highest BCUT2D eigenvalue weighted by Crippen LogP contribution is 1.76. The molecule has 2 heteroatoms. The van der Waals surface area contributed by atoms with E-state index >= 15 is 0 Å². The second-order valence-corrected chi connectivity index (χ2v) is 1.77. The third-order valence-electron chi connectivity index (χ3n) is 0.846. The summed E-state index contributed by atoms with van der Waals surface area (Å²) in [5.74, 6) is 0. The van der Waals surface area contributed by atoms with Crippen molar-refractivity contribution >= 4 is 0 Å². The molecule has 0 aromatic rings. The van der Waals surface area contributed by atoms with Crippen molar-refractivity contribution in [2.24, 2.45) is 0 Å². The molecule has 1 aliphatic heterocycles. The highest BCUT2D eigenvalue weighted by atomic mass is 16.5. The van der Waals surface area contributed by atoms with Gasteiger partial charge in [-0.15, -0.1) is 6.58 Å². The molecule has 0 aromatic heterocycles. The molecule has 0 atom stereocenters. The number of rotatable bonds is 0. The van der Waals surface area contributed by atoms with Gasteiger partial charge in [0.2, 0.25) is 0 Å². The fraction of sp³-hybridized carbons (Fsp3) is 0.714. The minimum atomic E-state index is 0.889. The van der Waals surface area contributed by atoms with Crippen molar-refractivity contribution < 1.29 is 4.74 Å². The van der Waals surface area contributed by atoms with E-state index < -0.39 is 0 Å². The van der Waals surface area contributed by atoms with E-state index in [4.69, 9.17) is 4.74 Å². The van der Waals surface area contributed by atoms with Crippen molar-refractivity contribution in [3.05, 3.63) is 12.7 Å². The lowest BCUT2D eigenvalue weighted by atomic mass is 10.5. The van der Waals surface area contributed by atoms with Crippen molar-refractivity contribution in [2.75, 3.05) is 26.3 Å². The van der Waals surface area contributed by atoms with Gasteiger partial charge in [0.25, 0.3) is 0 Å². The van der Waals surface area contributed by atoms with Crippen molar-refractivity contribution in [3.63, 3.8) is 0 Å². The van der Waals surface area contributed by atoms with Gasteiger partial charge in [0, 0.05) is 13.1 Å². The second kappa shape index (κ2) is 7.66. The predicted molar refractivity (Wildman–Crippen MR) is 39.6 cm³/mol. The molecule has 1 heterocycles. The number of hydrogen-bond acceptors (Lipinski definition) is 2. The van der Waals surface area contributed by atoms with Crippen molar-refractivity contribution in [1.82, 2.24) is 5.32 Å². The van der Waals surface area contributed by atoms with Crippen LogP contribution in [0.2, 0.25) is 0 Å². The smallest absolute Gasteiger partial charge is 0.0591 e. The third kappa shape index (κ3) is 7.66. The molecule has 0 unspecified atom stereocenters. The largest absolute Gasteiger partial charge is 0.379 e. The minimum Gasteiger partial charge on any atom is -0.379 e. The molecule has 0 aliphatic carbocycles. The molecule has 1 rings (SSSR count). The van der Waals surface area contributed by atoms with Gasteiger partial charge in [-0.25, -0.2) is 0 Å². The molecular weight excluding hydrogens is 114 g/mol. The van der Waals surface area contributed by atoms with Crippen LogP contribution in [-0.4, -0.2) is 26.3 Å². The summed E-state index contributed by atoms with van der Waals surface area (Å²) in [6.07, 6.45) is 1.75. The van der Waals surface area contributed by atoms with Crippen LogP contribution >= 0.6 is 0 Å². The Morgan fingerprint density at radius 2 is 1.89 bits per heavy atom. The van der Waals surface area contributed by atoms with Gasteiger partial charge in [-0.1, -0.05) is 6.08 Å². The molecule has 0 radical (unpaired) electrons. The Kier molecular flexibility index (Phi) is 7.37. The van der Waals surface area contributed by atoms with E-state index in [1.165, 1.54) is 0 Å². The van der Waals surface area contributed by atoms with Gasteiger partial charge in [0.15, 0.2) is 0 Å². The predicted octanol–water partition coefficient (Wildman–Crippen LogP) is 0.798. The summed E-state index contributed by atoms with van der Waals surface area (Å²) < 4.78 is 5.01. The average molecular weight is 129 g/mol. The van der Waals surface area contributed by atoms with E-state index in [9.17, 15) is 0 Å². The summed E-state index contributed by atoms with van der Waals surface area (Å²) in [5.41, 5.74) is 0. The lowest BCUT2D eigenvalue weighted by Crippen LogP contribution is -2.30. The molecule has 0 aromatic carbocycles. The Bertz CT molecular complexity index is 48.4. The first-order chi connectivity index (χ1) is 4.41. The normalized spacial score (nSPS) is 17.4. The third-order valence-corrected chi connectivity index (χ3v) is 0.846. The van der Waals surface area contributed by atoms with Gasteiger partial charge >= 0.3 is 0 Å². The zero-order valence-corrected chi connectivity index (χ0v) is 6.02. The molecule has 0 spiro atoms. The van der Waals surface area contributed by atoms with Crippen LogP contribution in [0.3, 0.4) is 0 Å². The van der Waals surface area contributed by atoms with E-state index in [1.54, 1.807) is 6.08 Å². The number of nitrogens with one attached hydrogen (secondary N) is 1. The summed E-state index contributed by atoms with van der Waals surface area (Å²) in [6, 6.07) is 0. The molecule has 1 aliphatic rings. The van der Waals surface area contributed by atoms with Crippen LogP contribution < -0.4 is 5.32 Å². The van der Waals surface area contributed by atoms with Crippen molar-refractivity contribution in [2.45, 2.75) is 6.92 Å².